The zero-order valence-corrected chi connectivity index (χ0v) is 11.3. The second-order valence-electron chi connectivity index (χ2n) is 6.15. The molecule has 1 aliphatic rings. The van der Waals surface area contributed by atoms with Gasteiger partial charge in [0, 0.05) is 0 Å². The monoisotopic (exact) mass is 210 g/mol. The van der Waals surface area contributed by atoms with Gasteiger partial charge in [-0.05, 0) is 42.9 Å². The Morgan fingerprint density at radius 1 is 1.13 bits per heavy atom. The van der Waals surface area contributed by atoms with Crippen molar-refractivity contribution in [1.82, 2.24) is 0 Å². The van der Waals surface area contributed by atoms with Gasteiger partial charge < -0.3 is 0 Å². The normalized spacial score (nSPS) is 29.6. The molecular weight excluding hydrogens is 180 g/mol. The second-order valence-corrected chi connectivity index (χ2v) is 6.15. The van der Waals surface area contributed by atoms with E-state index in [2.05, 4.69) is 27.7 Å². The van der Waals surface area contributed by atoms with Crippen LogP contribution in [0, 0.1) is 23.7 Å². The Morgan fingerprint density at radius 3 is 2.33 bits per heavy atom. The lowest BCUT2D eigenvalue weighted by Gasteiger charge is -2.38. The lowest BCUT2D eigenvalue weighted by Crippen LogP contribution is -2.27. The quantitative estimate of drug-likeness (QED) is 0.502. The van der Waals surface area contributed by atoms with Crippen molar-refractivity contribution in [2.24, 2.45) is 23.7 Å². The van der Waals surface area contributed by atoms with E-state index < -0.39 is 0 Å². The van der Waals surface area contributed by atoms with Gasteiger partial charge in [-0.2, -0.15) is 0 Å². The molecule has 0 aromatic rings. The van der Waals surface area contributed by atoms with Crippen LogP contribution < -0.4 is 0 Å². The van der Waals surface area contributed by atoms with Gasteiger partial charge in [0.1, 0.15) is 0 Å². The van der Waals surface area contributed by atoms with E-state index in [4.69, 9.17) is 0 Å². The van der Waals surface area contributed by atoms with E-state index in [9.17, 15) is 0 Å². The maximum atomic E-state index is 2.48. The van der Waals surface area contributed by atoms with Crippen LogP contribution in [-0.4, -0.2) is 0 Å². The summed E-state index contributed by atoms with van der Waals surface area (Å²) < 4.78 is 0. The molecule has 15 heavy (non-hydrogen) atoms. The number of hydrogen-bond donors (Lipinski definition) is 0. The molecule has 0 heteroatoms. The maximum absolute atomic E-state index is 2.48. The van der Waals surface area contributed by atoms with Crippen LogP contribution in [0.1, 0.15) is 72.6 Å². The first-order valence-electron chi connectivity index (χ1n) is 7.13. The van der Waals surface area contributed by atoms with Crippen molar-refractivity contribution < 1.29 is 0 Å². The summed E-state index contributed by atoms with van der Waals surface area (Å²) in [5, 5.41) is 0. The average molecular weight is 210 g/mol. The molecule has 0 aliphatic heterocycles. The highest BCUT2D eigenvalue weighted by atomic mass is 14.4. The summed E-state index contributed by atoms with van der Waals surface area (Å²) in [5.74, 6) is 4.03. The van der Waals surface area contributed by atoms with Crippen molar-refractivity contribution in [2.45, 2.75) is 72.6 Å². The molecule has 1 rings (SSSR count). The van der Waals surface area contributed by atoms with Crippen LogP contribution in [0.2, 0.25) is 0 Å². The third-order valence-corrected chi connectivity index (χ3v) is 4.29. The summed E-state index contributed by atoms with van der Waals surface area (Å²) in [4.78, 5) is 0. The van der Waals surface area contributed by atoms with Crippen LogP contribution in [0.3, 0.4) is 0 Å². The summed E-state index contributed by atoms with van der Waals surface area (Å²) in [5.41, 5.74) is 0. The fourth-order valence-electron chi connectivity index (χ4n) is 3.12. The summed E-state index contributed by atoms with van der Waals surface area (Å²) >= 11 is 0. The molecule has 0 aromatic heterocycles. The molecule has 0 saturated heterocycles. The molecule has 2 atom stereocenters. The molecule has 1 saturated carbocycles. The topological polar surface area (TPSA) is 0 Å². The van der Waals surface area contributed by atoms with E-state index in [1.807, 2.05) is 0 Å². The minimum atomic E-state index is 0.961. The van der Waals surface area contributed by atoms with E-state index in [1.165, 1.54) is 44.9 Å². The summed E-state index contributed by atoms with van der Waals surface area (Å²) in [6.45, 7) is 9.62. The average Bonchev–Trinajstić information content (AvgIpc) is 2.13. The molecule has 0 radical (unpaired) electrons. The van der Waals surface area contributed by atoms with Crippen molar-refractivity contribution in [1.29, 1.82) is 0 Å². The van der Waals surface area contributed by atoms with Crippen LogP contribution in [0.5, 0.6) is 0 Å². The Bertz CT molecular complexity index is 155. The molecule has 0 aromatic carbocycles. The number of unbranched alkanes of at least 4 members (excludes halogenated alkanes) is 2. The van der Waals surface area contributed by atoms with Crippen molar-refractivity contribution in [3.63, 3.8) is 0 Å². The van der Waals surface area contributed by atoms with Gasteiger partial charge in [0.05, 0.1) is 0 Å². The number of hydrogen-bond acceptors (Lipinski definition) is 0. The third kappa shape index (κ3) is 4.57. The molecule has 0 heterocycles. The lowest BCUT2D eigenvalue weighted by atomic mass is 9.68. The molecule has 1 fully saturated rings. The Kier molecular flexibility index (Phi) is 5.71. The van der Waals surface area contributed by atoms with E-state index in [0.29, 0.717) is 0 Å². The largest absolute Gasteiger partial charge is 0.0654 e. The van der Waals surface area contributed by atoms with Gasteiger partial charge in [0.15, 0.2) is 0 Å². The predicted molar refractivity (Wildman–Crippen MR) is 69.0 cm³/mol. The van der Waals surface area contributed by atoms with E-state index in [0.717, 1.165) is 23.7 Å². The van der Waals surface area contributed by atoms with Gasteiger partial charge in [-0.1, -0.05) is 53.4 Å². The Balaban J connectivity index is 2.06. The zero-order chi connectivity index (χ0) is 11.3. The smallest absolute Gasteiger partial charge is 0.0383 e. The maximum Gasteiger partial charge on any atom is -0.0383 e. The van der Waals surface area contributed by atoms with Gasteiger partial charge in [-0.3, -0.25) is 0 Å². The van der Waals surface area contributed by atoms with Crippen molar-refractivity contribution in [2.75, 3.05) is 0 Å². The molecular formula is C15H30. The highest BCUT2D eigenvalue weighted by Gasteiger charge is 2.30. The van der Waals surface area contributed by atoms with Gasteiger partial charge in [-0.25, -0.2) is 0 Å². The molecule has 0 nitrogen and oxygen atoms in total. The fourth-order valence-corrected chi connectivity index (χ4v) is 3.12. The van der Waals surface area contributed by atoms with Crippen LogP contribution in [-0.2, 0) is 0 Å². The highest BCUT2D eigenvalue weighted by molar-refractivity contribution is 4.80. The first-order valence-corrected chi connectivity index (χ1v) is 7.13. The molecule has 0 spiro atoms. The van der Waals surface area contributed by atoms with Crippen molar-refractivity contribution in [3.05, 3.63) is 0 Å². The van der Waals surface area contributed by atoms with Crippen molar-refractivity contribution >= 4 is 0 Å². The van der Waals surface area contributed by atoms with Gasteiger partial charge >= 0.3 is 0 Å². The highest BCUT2D eigenvalue weighted by Crippen LogP contribution is 2.40. The Hall–Kier alpha value is 0. The van der Waals surface area contributed by atoms with E-state index in [1.54, 1.807) is 0 Å². The van der Waals surface area contributed by atoms with E-state index in [-0.39, 0.29) is 0 Å². The van der Waals surface area contributed by atoms with Crippen LogP contribution in [0.15, 0.2) is 0 Å². The van der Waals surface area contributed by atoms with Gasteiger partial charge in [0.2, 0.25) is 0 Å². The fraction of sp³-hybridized carbons (Fsp3) is 1.00. The summed E-state index contributed by atoms with van der Waals surface area (Å²) in [6, 6.07) is 0. The third-order valence-electron chi connectivity index (χ3n) is 4.29. The summed E-state index contributed by atoms with van der Waals surface area (Å²) in [6.07, 6.45) is 10.2. The second kappa shape index (κ2) is 6.55. The van der Waals surface area contributed by atoms with Crippen LogP contribution in [0.25, 0.3) is 0 Å². The minimum absolute atomic E-state index is 0.961. The molecule has 1 aliphatic carbocycles. The standard InChI is InChI=1S/C15H30/c1-5-6-7-8-12(2)9-14(4)15-10-13(3)11-15/h12-15H,5-11H2,1-4H3. The van der Waals surface area contributed by atoms with Crippen LogP contribution in [0.4, 0.5) is 0 Å². The minimum Gasteiger partial charge on any atom is -0.0654 e. The first kappa shape index (κ1) is 13.1. The van der Waals surface area contributed by atoms with Crippen molar-refractivity contribution in [3.8, 4) is 0 Å². The lowest BCUT2D eigenvalue weighted by molar-refractivity contribution is 0.128. The molecule has 2 unspecified atom stereocenters. The van der Waals surface area contributed by atoms with Gasteiger partial charge in [-0.15, -0.1) is 0 Å². The number of rotatable bonds is 7. The summed E-state index contributed by atoms with van der Waals surface area (Å²) in [7, 11) is 0. The Labute approximate surface area is 96.8 Å². The SMILES string of the molecule is CCCCCC(C)CC(C)C1CC(C)C1. The molecule has 0 bridgehead atoms. The first-order chi connectivity index (χ1) is 7.13. The van der Waals surface area contributed by atoms with E-state index >= 15 is 0 Å². The predicted octanol–water partition coefficient (Wildman–Crippen LogP) is 5.28. The molecule has 90 valence electrons. The van der Waals surface area contributed by atoms with Crippen LogP contribution >= 0.6 is 0 Å². The van der Waals surface area contributed by atoms with Gasteiger partial charge in [0.25, 0.3) is 0 Å². The molecule has 0 N–H and O–H groups in total. The molecule has 0 amide bonds. The zero-order valence-electron chi connectivity index (χ0n) is 11.3. The Morgan fingerprint density at radius 2 is 1.80 bits per heavy atom.